The van der Waals surface area contributed by atoms with Gasteiger partial charge in [0.05, 0.1) is 6.61 Å². The highest BCUT2D eigenvalue weighted by molar-refractivity contribution is 5.49. The van der Waals surface area contributed by atoms with Crippen molar-refractivity contribution in [2.24, 2.45) is 5.92 Å². The van der Waals surface area contributed by atoms with Crippen LogP contribution in [0.25, 0.3) is 6.08 Å². The Labute approximate surface area is 171 Å². The molecule has 1 aliphatic rings. The molecule has 0 amide bonds. The van der Waals surface area contributed by atoms with Crippen LogP contribution in [-0.2, 0) is 17.8 Å². The molecule has 28 heavy (non-hydrogen) atoms. The van der Waals surface area contributed by atoms with Crippen LogP contribution >= 0.6 is 0 Å². The molecule has 0 unspecified atom stereocenters. The quantitative estimate of drug-likeness (QED) is 0.410. The van der Waals surface area contributed by atoms with Crippen molar-refractivity contribution in [3.8, 4) is 0 Å². The molecule has 0 aliphatic heterocycles. The molecule has 150 valence electrons. The van der Waals surface area contributed by atoms with E-state index in [1.807, 2.05) is 0 Å². The van der Waals surface area contributed by atoms with Crippen LogP contribution in [-0.4, -0.2) is 6.61 Å². The fourth-order valence-corrected chi connectivity index (χ4v) is 4.36. The number of aryl methyl sites for hydroxylation is 1. The summed E-state index contributed by atoms with van der Waals surface area (Å²) in [5.41, 5.74) is 5.61. The van der Waals surface area contributed by atoms with Crippen LogP contribution in [0.2, 0.25) is 0 Å². The van der Waals surface area contributed by atoms with Crippen LogP contribution < -0.4 is 0 Å². The van der Waals surface area contributed by atoms with Crippen molar-refractivity contribution in [3.63, 3.8) is 0 Å². The maximum absolute atomic E-state index is 5.65. The molecule has 0 saturated heterocycles. The van der Waals surface area contributed by atoms with E-state index < -0.39 is 0 Å². The maximum Gasteiger partial charge on any atom is 0.0716 e. The van der Waals surface area contributed by atoms with E-state index in [1.54, 1.807) is 0 Å². The molecular formula is C27H36O. The Balaban J connectivity index is 1.41. The van der Waals surface area contributed by atoms with Crippen LogP contribution in [0.5, 0.6) is 0 Å². The standard InChI is InChI=1S/C27H36O/c1-3-5-22-6-8-23(9-7-22)10-11-24-12-16-26(17-13-24)27-18-14-25(15-19-27)21-28-20-4-2/h3,5-9,14-15,18-19,24,26H,4,10-13,16-17,20-21H2,1-2H3. The topological polar surface area (TPSA) is 9.23 Å². The number of benzene rings is 2. The maximum atomic E-state index is 5.65. The summed E-state index contributed by atoms with van der Waals surface area (Å²) in [4.78, 5) is 0. The molecule has 0 aromatic heterocycles. The van der Waals surface area contributed by atoms with E-state index in [0.717, 1.165) is 31.5 Å². The summed E-state index contributed by atoms with van der Waals surface area (Å²) in [6, 6.07) is 18.3. The second kappa shape index (κ2) is 11.2. The van der Waals surface area contributed by atoms with Gasteiger partial charge < -0.3 is 4.74 Å². The summed E-state index contributed by atoms with van der Waals surface area (Å²) in [6.45, 7) is 5.82. The number of hydrogen-bond acceptors (Lipinski definition) is 1. The second-order valence-electron chi connectivity index (χ2n) is 8.29. The molecule has 2 aromatic rings. The monoisotopic (exact) mass is 376 g/mol. The lowest BCUT2D eigenvalue weighted by Gasteiger charge is -2.29. The predicted octanol–water partition coefficient (Wildman–Crippen LogP) is 7.55. The van der Waals surface area contributed by atoms with Gasteiger partial charge in [0, 0.05) is 6.61 Å². The van der Waals surface area contributed by atoms with Crippen molar-refractivity contribution in [2.45, 2.75) is 71.3 Å². The largest absolute Gasteiger partial charge is 0.377 e. The third kappa shape index (κ3) is 6.34. The van der Waals surface area contributed by atoms with Gasteiger partial charge in [-0.3, -0.25) is 0 Å². The van der Waals surface area contributed by atoms with Gasteiger partial charge in [0.2, 0.25) is 0 Å². The molecule has 1 saturated carbocycles. The molecule has 2 aromatic carbocycles. The van der Waals surface area contributed by atoms with Crippen LogP contribution in [0, 0.1) is 5.92 Å². The van der Waals surface area contributed by atoms with Crippen LogP contribution in [0.15, 0.2) is 54.6 Å². The summed E-state index contributed by atoms with van der Waals surface area (Å²) in [5.74, 6) is 1.65. The van der Waals surface area contributed by atoms with Gasteiger partial charge in [-0.1, -0.05) is 67.6 Å². The number of rotatable bonds is 9. The van der Waals surface area contributed by atoms with Gasteiger partial charge in [0.25, 0.3) is 0 Å². The first-order chi connectivity index (χ1) is 13.8. The highest BCUT2D eigenvalue weighted by Crippen LogP contribution is 2.37. The number of hydrogen-bond donors (Lipinski definition) is 0. The Morgan fingerprint density at radius 2 is 1.57 bits per heavy atom. The van der Waals surface area contributed by atoms with Crippen molar-refractivity contribution < 1.29 is 4.74 Å². The lowest BCUT2D eigenvalue weighted by Crippen LogP contribution is -2.14. The predicted molar refractivity (Wildman–Crippen MR) is 121 cm³/mol. The summed E-state index contributed by atoms with van der Waals surface area (Å²) in [5, 5.41) is 0. The molecule has 1 fully saturated rings. The van der Waals surface area contributed by atoms with Gasteiger partial charge in [-0.25, -0.2) is 0 Å². The van der Waals surface area contributed by atoms with Crippen LogP contribution in [0.1, 0.15) is 80.5 Å². The summed E-state index contributed by atoms with van der Waals surface area (Å²) in [6.07, 6.45) is 13.3. The van der Waals surface area contributed by atoms with Gasteiger partial charge in [-0.15, -0.1) is 0 Å². The lowest BCUT2D eigenvalue weighted by molar-refractivity contribution is 0.121. The van der Waals surface area contributed by atoms with Crippen LogP contribution in [0.4, 0.5) is 0 Å². The van der Waals surface area contributed by atoms with E-state index in [1.165, 1.54) is 60.8 Å². The molecule has 0 bridgehead atoms. The summed E-state index contributed by atoms with van der Waals surface area (Å²) < 4.78 is 5.65. The summed E-state index contributed by atoms with van der Waals surface area (Å²) >= 11 is 0. The van der Waals surface area contributed by atoms with Crippen molar-refractivity contribution in [3.05, 3.63) is 76.9 Å². The third-order valence-corrected chi connectivity index (χ3v) is 6.10. The Bertz CT molecular complexity index is 703. The molecule has 0 atom stereocenters. The summed E-state index contributed by atoms with van der Waals surface area (Å²) in [7, 11) is 0. The smallest absolute Gasteiger partial charge is 0.0716 e. The first-order valence-electron chi connectivity index (χ1n) is 11.2. The van der Waals surface area contributed by atoms with E-state index in [2.05, 4.69) is 74.5 Å². The van der Waals surface area contributed by atoms with Gasteiger partial charge in [0.1, 0.15) is 0 Å². The molecule has 1 aliphatic carbocycles. The van der Waals surface area contributed by atoms with E-state index in [4.69, 9.17) is 4.74 Å². The van der Waals surface area contributed by atoms with Gasteiger partial charge in [-0.2, -0.15) is 0 Å². The minimum atomic E-state index is 0.747. The zero-order chi connectivity index (χ0) is 19.6. The normalized spacial score (nSPS) is 19.9. The molecular weight excluding hydrogens is 340 g/mol. The van der Waals surface area contributed by atoms with Crippen LogP contribution in [0.3, 0.4) is 0 Å². The molecule has 1 heteroatoms. The Hall–Kier alpha value is -1.86. The fraction of sp³-hybridized carbons (Fsp3) is 0.481. The van der Waals surface area contributed by atoms with E-state index >= 15 is 0 Å². The fourth-order valence-electron chi connectivity index (χ4n) is 4.36. The van der Waals surface area contributed by atoms with Crippen molar-refractivity contribution in [2.75, 3.05) is 6.61 Å². The van der Waals surface area contributed by atoms with Crippen molar-refractivity contribution >= 4 is 6.08 Å². The average molecular weight is 377 g/mol. The number of allylic oxidation sites excluding steroid dienone is 1. The van der Waals surface area contributed by atoms with Gasteiger partial charge >= 0.3 is 0 Å². The Morgan fingerprint density at radius 3 is 2.21 bits per heavy atom. The van der Waals surface area contributed by atoms with Gasteiger partial charge in [0.15, 0.2) is 0 Å². The first-order valence-corrected chi connectivity index (χ1v) is 11.2. The molecule has 0 radical (unpaired) electrons. The van der Waals surface area contributed by atoms with E-state index in [0.29, 0.717) is 0 Å². The average Bonchev–Trinajstić information content (AvgIpc) is 2.75. The third-order valence-electron chi connectivity index (χ3n) is 6.10. The first kappa shape index (κ1) is 20.9. The SMILES string of the molecule is CC=Cc1ccc(CCC2CCC(c3ccc(COCCC)cc3)CC2)cc1. The Morgan fingerprint density at radius 1 is 0.893 bits per heavy atom. The Kier molecular flexibility index (Phi) is 8.36. The zero-order valence-electron chi connectivity index (χ0n) is 17.7. The highest BCUT2D eigenvalue weighted by Gasteiger charge is 2.22. The minimum Gasteiger partial charge on any atom is -0.377 e. The molecule has 0 spiro atoms. The van der Waals surface area contributed by atoms with Crippen molar-refractivity contribution in [1.29, 1.82) is 0 Å². The molecule has 1 nitrogen and oxygen atoms in total. The number of ether oxygens (including phenoxy) is 1. The zero-order valence-corrected chi connectivity index (χ0v) is 17.7. The van der Waals surface area contributed by atoms with Crippen molar-refractivity contribution in [1.82, 2.24) is 0 Å². The lowest BCUT2D eigenvalue weighted by atomic mass is 9.77. The van der Waals surface area contributed by atoms with E-state index in [9.17, 15) is 0 Å². The molecule has 0 heterocycles. The van der Waals surface area contributed by atoms with E-state index in [-0.39, 0.29) is 0 Å². The van der Waals surface area contributed by atoms with Gasteiger partial charge in [-0.05, 0) is 86.0 Å². The molecule has 3 rings (SSSR count). The second-order valence-corrected chi connectivity index (χ2v) is 8.29. The highest BCUT2D eigenvalue weighted by atomic mass is 16.5. The minimum absolute atomic E-state index is 0.747. The molecule has 0 N–H and O–H groups in total.